The Bertz CT molecular complexity index is 1140. The zero-order valence-electron chi connectivity index (χ0n) is 12.5. The summed E-state index contributed by atoms with van der Waals surface area (Å²) in [6, 6.07) is 4.25. The molecule has 0 saturated heterocycles. The van der Waals surface area contributed by atoms with Crippen LogP contribution in [0.25, 0.3) is 10.2 Å². The molecule has 0 radical (unpaired) electrons. The minimum atomic E-state index is -4.47. The smallest absolute Gasteiger partial charge is 0.306 e. The number of nitrogens with zero attached hydrogens (tertiary/aromatic N) is 1. The SMILES string of the molecule is O=c1[nH]c2ccsc2c(=O)n1CCNS(=O)(=O)c1c(F)cccc1F. The van der Waals surface area contributed by atoms with Crippen LogP contribution < -0.4 is 16.0 Å². The number of benzene rings is 1. The molecule has 3 rings (SSSR count). The van der Waals surface area contributed by atoms with E-state index in [0.29, 0.717) is 10.2 Å². The van der Waals surface area contributed by atoms with Gasteiger partial charge < -0.3 is 4.98 Å². The average Bonchev–Trinajstić information content (AvgIpc) is 2.98. The number of H-pyrrole nitrogens is 1. The highest BCUT2D eigenvalue weighted by Crippen LogP contribution is 2.17. The van der Waals surface area contributed by atoms with Crippen LogP contribution in [-0.2, 0) is 16.6 Å². The fourth-order valence-corrected chi connectivity index (χ4v) is 4.23. The number of sulfonamides is 1. The van der Waals surface area contributed by atoms with Gasteiger partial charge in [0, 0.05) is 13.1 Å². The van der Waals surface area contributed by atoms with Crippen molar-refractivity contribution in [1.29, 1.82) is 0 Å². The second kappa shape index (κ2) is 6.50. The summed E-state index contributed by atoms with van der Waals surface area (Å²) in [7, 11) is -4.47. The predicted molar refractivity (Wildman–Crippen MR) is 88.3 cm³/mol. The quantitative estimate of drug-likeness (QED) is 0.682. The summed E-state index contributed by atoms with van der Waals surface area (Å²) in [5.74, 6) is -2.47. The fourth-order valence-electron chi connectivity index (χ4n) is 2.28. The number of aromatic amines is 1. The Morgan fingerprint density at radius 1 is 1.16 bits per heavy atom. The molecule has 0 aliphatic carbocycles. The van der Waals surface area contributed by atoms with Gasteiger partial charge in [0.05, 0.1) is 5.52 Å². The van der Waals surface area contributed by atoms with Crippen molar-refractivity contribution in [3.05, 3.63) is 62.1 Å². The summed E-state index contributed by atoms with van der Waals surface area (Å²) in [5.41, 5.74) is -0.873. The third-order valence-corrected chi connectivity index (χ3v) is 5.82. The van der Waals surface area contributed by atoms with E-state index in [2.05, 4.69) is 4.98 Å². The Labute approximate surface area is 143 Å². The molecule has 2 N–H and O–H groups in total. The molecule has 2 heterocycles. The summed E-state index contributed by atoms with van der Waals surface area (Å²) < 4.78 is 54.4. The van der Waals surface area contributed by atoms with Crippen LogP contribution in [0.4, 0.5) is 8.78 Å². The van der Waals surface area contributed by atoms with Gasteiger partial charge in [0.15, 0.2) is 4.90 Å². The van der Waals surface area contributed by atoms with Crippen molar-refractivity contribution in [2.24, 2.45) is 0 Å². The van der Waals surface area contributed by atoms with Gasteiger partial charge in [0.25, 0.3) is 5.56 Å². The normalized spacial score (nSPS) is 11.9. The van der Waals surface area contributed by atoms with Gasteiger partial charge >= 0.3 is 5.69 Å². The van der Waals surface area contributed by atoms with Crippen LogP contribution >= 0.6 is 11.3 Å². The third kappa shape index (κ3) is 3.25. The zero-order valence-corrected chi connectivity index (χ0v) is 14.1. The molecular formula is C14H11F2N3O4S2. The van der Waals surface area contributed by atoms with Gasteiger partial charge in [-0.3, -0.25) is 9.36 Å². The topological polar surface area (TPSA) is 101 Å². The van der Waals surface area contributed by atoms with Crippen molar-refractivity contribution in [2.45, 2.75) is 11.4 Å². The van der Waals surface area contributed by atoms with Crippen molar-refractivity contribution >= 4 is 31.6 Å². The standard InChI is InChI=1S/C14H11F2N3O4S2/c15-8-2-1-3-9(16)12(8)25(22,23)17-5-6-19-13(20)11-10(4-7-24-11)18-14(19)21/h1-4,7,17H,5-6H2,(H,18,21). The molecule has 0 aliphatic rings. The highest BCUT2D eigenvalue weighted by Gasteiger charge is 2.23. The van der Waals surface area contributed by atoms with Gasteiger partial charge in [0.2, 0.25) is 10.0 Å². The monoisotopic (exact) mass is 387 g/mol. The number of hydrogen-bond acceptors (Lipinski definition) is 5. The number of nitrogens with one attached hydrogen (secondary N) is 2. The zero-order chi connectivity index (χ0) is 18.2. The second-order valence-corrected chi connectivity index (χ2v) is 7.62. The minimum absolute atomic E-state index is 0.294. The average molecular weight is 387 g/mol. The number of rotatable bonds is 5. The Hall–Kier alpha value is -2.37. The van der Waals surface area contributed by atoms with Crippen molar-refractivity contribution in [2.75, 3.05) is 6.54 Å². The van der Waals surface area contributed by atoms with E-state index in [1.807, 2.05) is 4.72 Å². The van der Waals surface area contributed by atoms with Crippen molar-refractivity contribution in [3.8, 4) is 0 Å². The maximum absolute atomic E-state index is 13.6. The molecule has 132 valence electrons. The second-order valence-electron chi connectivity index (χ2n) is 5.00. The molecular weight excluding hydrogens is 376 g/mol. The maximum atomic E-state index is 13.6. The Morgan fingerprint density at radius 3 is 2.52 bits per heavy atom. The van der Waals surface area contributed by atoms with Gasteiger partial charge in [-0.05, 0) is 23.6 Å². The molecule has 2 aromatic heterocycles. The highest BCUT2D eigenvalue weighted by atomic mass is 32.2. The van der Waals surface area contributed by atoms with E-state index in [-0.39, 0.29) is 6.54 Å². The van der Waals surface area contributed by atoms with E-state index in [0.717, 1.165) is 34.1 Å². The van der Waals surface area contributed by atoms with E-state index in [1.54, 1.807) is 11.4 Å². The van der Waals surface area contributed by atoms with Crippen LogP contribution in [0.1, 0.15) is 0 Å². The van der Waals surface area contributed by atoms with Crippen molar-refractivity contribution < 1.29 is 17.2 Å². The summed E-state index contributed by atoms with van der Waals surface area (Å²) in [4.78, 5) is 25.5. The molecule has 0 spiro atoms. The molecule has 0 atom stereocenters. The first-order valence-electron chi connectivity index (χ1n) is 6.95. The number of halogens is 2. The van der Waals surface area contributed by atoms with Gasteiger partial charge in [-0.1, -0.05) is 6.07 Å². The molecule has 0 saturated carbocycles. The lowest BCUT2D eigenvalue weighted by Crippen LogP contribution is -2.38. The lowest BCUT2D eigenvalue weighted by Gasteiger charge is -2.09. The Morgan fingerprint density at radius 2 is 1.84 bits per heavy atom. The Balaban J connectivity index is 1.84. The maximum Gasteiger partial charge on any atom is 0.328 e. The summed E-state index contributed by atoms with van der Waals surface area (Å²) in [6.45, 7) is -0.687. The van der Waals surface area contributed by atoms with Gasteiger partial charge in [-0.2, -0.15) is 0 Å². The molecule has 0 aliphatic heterocycles. The molecule has 7 nitrogen and oxygen atoms in total. The van der Waals surface area contributed by atoms with Crippen molar-refractivity contribution in [1.82, 2.24) is 14.3 Å². The Kier molecular flexibility index (Phi) is 4.54. The largest absolute Gasteiger partial charge is 0.328 e. The number of thiophene rings is 1. The number of hydrogen-bond donors (Lipinski definition) is 2. The molecule has 1 aromatic carbocycles. The molecule has 0 bridgehead atoms. The minimum Gasteiger partial charge on any atom is -0.306 e. The molecule has 0 amide bonds. The number of aromatic nitrogens is 2. The molecule has 25 heavy (non-hydrogen) atoms. The van der Waals surface area contributed by atoms with E-state index >= 15 is 0 Å². The first-order chi connectivity index (χ1) is 11.8. The van der Waals surface area contributed by atoms with E-state index in [4.69, 9.17) is 0 Å². The van der Waals surface area contributed by atoms with Crippen LogP contribution in [0.2, 0.25) is 0 Å². The first kappa shape index (κ1) is 17.5. The summed E-state index contributed by atoms with van der Waals surface area (Å²) in [6.07, 6.45) is 0. The van der Waals surface area contributed by atoms with E-state index < -0.39 is 44.3 Å². The molecule has 3 aromatic rings. The molecule has 0 unspecified atom stereocenters. The molecule has 0 fully saturated rings. The van der Waals surface area contributed by atoms with Crippen LogP contribution in [0, 0.1) is 11.6 Å². The lowest BCUT2D eigenvalue weighted by molar-refractivity contribution is 0.511. The summed E-state index contributed by atoms with van der Waals surface area (Å²) >= 11 is 1.14. The van der Waals surface area contributed by atoms with Crippen molar-refractivity contribution in [3.63, 3.8) is 0 Å². The van der Waals surface area contributed by atoms with E-state index in [1.165, 1.54) is 0 Å². The van der Waals surface area contributed by atoms with Gasteiger partial charge in [0.1, 0.15) is 16.3 Å². The van der Waals surface area contributed by atoms with E-state index in [9.17, 15) is 26.8 Å². The first-order valence-corrected chi connectivity index (χ1v) is 9.31. The molecule has 11 heteroatoms. The fraction of sp³-hybridized carbons (Fsp3) is 0.143. The van der Waals surface area contributed by atoms with Gasteiger partial charge in [-0.25, -0.2) is 26.7 Å². The highest BCUT2D eigenvalue weighted by molar-refractivity contribution is 7.89. The predicted octanol–water partition coefficient (Wildman–Crippen LogP) is 1.01. The van der Waals surface area contributed by atoms with Crippen LogP contribution in [0.3, 0.4) is 0 Å². The summed E-state index contributed by atoms with van der Waals surface area (Å²) in [5, 5.41) is 1.63. The van der Waals surface area contributed by atoms with Crippen LogP contribution in [-0.4, -0.2) is 24.5 Å². The van der Waals surface area contributed by atoms with Crippen LogP contribution in [0.15, 0.2) is 44.1 Å². The lowest BCUT2D eigenvalue weighted by atomic mass is 10.3. The van der Waals surface area contributed by atoms with Gasteiger partial charge in [-0.15, -0.1) is 11.3 Å². The number of fused-ring (bicyclic) bond motifs is 1. The van der Waals surface area contributed by atoms with Crippen LogP contribution in [0.5, 0.6) is 0 Å². The third-order valence-electron chi connectivity index (χ3n) is 3.41.